The lowest BCUT2D eigenvalue weighted by Gasteiger charge is -2.39. The minimum Gasteiger partial charge on any atom is -0.356 e. The van der Waals surface area contributed by atoms with Crippen LogP contribution in [0.3, 0.4) is 0 Å². The van der Waals surface area contributed by atoms with E-state index in [1.807, 2.05) is 12.3 Å². The fourth-order valence-corrected chi connectivity index (χ4v) is 6.22. The topological polar surface area (TPSA) is 64.6 Å². The Morgan fingerprint density at radius 2 is 1.59 bits per heavy atom. The Labute approximate surface area is 228 Å². The summed E-state index contributed by atoms with van der Waals surface area (Å²) in [5.74, 6) is 1.13. The van der Waals surface area contributed by atoms with Crippen molar-refractivity contribution < 1.29 is 18.0 Å². The molecule has 3 saturated heterocycles. The smallest absolute Gasteiger partial charge is 0.356 e. The first-order valence-electron chi connectivity index (χ1n) is 14.4. The van der Waals surface area contributed by atoms with Crippen LogP contribution in [0, 0.1) is 0 Å². The van der Waals surface area contributed by atoms with Gasteiger partial charge in [0, 0.05) is 51.0 Å². The average molecular weight is 545 g/mol. The second-order valence-electron chi connectivity index (χ2n) is 11.0. The third-order valence-corrected chi connectivity index (χ3v) is 8.34. The highest BCUT2D eigenvalue weighted by Crippen LogP contribution is 2.33. The van der Waals surface area contributed by atoms with Gasteiger partial charge in [-0.15, -0.1) is 0 Å². The van der Waals surface area contributed by atoms with Gasteiger partial charge in [0.15, 0.2) is 0 Å². The van der Waals surface area contributed by atoms with E-state index in [1.165, 1.54) is 43.9 Å². The van der Waals surface area contributed by atoms with Crippen LogP contribution in [0.15, 0.2) is 36.5 Å². The average Bonchev–Trinajstić information content (AvgIpc) is 3.36. The lowest BCUT2D eigenvalue weighted by atomic mass is 10.00. The molecular weight excluding hydrogens is 505 g/mol. The Morgan fingerprint density at radius 3 is 2.33 bits per heavy atom. The Morgan fingerprint density at radius 1 is 0.872 bits per heavy atom. The number of nitrogens with one attached hydrogen (secondary N) is 1. The van der Waals surface area contributed by atoms with Crippen LogP contribution in [-0.2, 0) is 6.18 Å². The first-order valence-corrected chi connectivity index (χ1v) is 14.4. The zero-order chi connectivity index (χ0) is 27.2. The molecule has 3 fully saturated rings. The van der Waals surface area contributed by atoms with Gasteiger partial charge >= 0.3 is 6.18 Å². The quantitative estimate of drug-likeness (QED) is 0.540. The van der Waals surface area contributed by atoms with Gasteiger partial charge in [-0.2, -0.15) is 18.2 Å². The van der Waals surface area contributed by atoms with E-state index in [9.17, 15) is 18.0 Å². The van der Waals surface area contributed by atoms with Crippen LogP contribution in [-0.4, -0.2) is 77.0 Å². The number of carbonyl (C=O) groups is 1. The summed E-state index contributed by atoms with van der Waals surface area (Å²) in [6.07, 6.45) is 7.02. The van der Waals surface area contributed by atoms with Crippen LogP contribution in [0.5, 0.6) is 0 Å². The molecule has 39 heavy (non-hydrogen) atoms. The predicted octanol–water partition coefficient (Wildman–Crippen LogP) is 5.45. The number of amides is 1. The molecule has 0 aliphatic carbocycles. The monoisotopic (exact) mass is 544 g/mol. The van der Waals surface area contributed by atoms with E-state index in [0.717, 1.165) is 70.2 Å². The van der Waals surface area contributed by atoms with Crippen LogP contribution >= 0.6 is 0 Å². The van der Waals surface area contributed by atoms with Crippen molar-refractivity contribution in [3.63, 3.8) is 0 Å². The van der Waals surface area contributed by atoms with Crippen molar-refractivity contribution in [1.82, 2.24) is 19.8 Å². The molecule has 0 saturated carbocycles. The molecule has 4 heterocycles. The van der Waals surface area contributed by atoms with Gasteiger partial charge in [0.2, 0.25) is 5.95 Å². The van der Waals surface area contributed by atoms with Crippen LogP contribution in [0.2, 0.25) is 0 Å². The maximum absolute atomic E-state index is 13.5. The van der Waals surface area contributed by atoms with Gasteiger partial charge in [0.1, 0.15) is 5.82 Å². The number of alkyl halides is 3. The zero-order valence-corrected chi connectivity index (χ0v) is 22.5. The van der Waals surface area contributed by atoms with Crippen LogP contribution < -0.4 is 10.2 Å². The molecule has 10 heteroatoms. The Hall–Kier alpha value is -2.88. The van der Waals surface area contributed by atoms with Gasteiger partial charge in [-0.3, -0.25) is 9.69 Å². The van der Waals surface area contributed by atoms with Crippen LogP contribution in [0.4, 0.5) is 24.9 Å². The summed E-state index contributed by atoms with van der Waals surface area (Å²) in [6.45, 7) is 4.86. The second-order valence-corrected chi connectivity index (χ2v) is 11.0. The minimum absolute atomic E-state index is 0.227. The number of carbonyl (C=O) groups excluding carboxylic acids is 1. The summed E-state index contributed by atoms with van der Waals surface area (Å²) in [7, 11) is 0. The molecule has 5 rings (SSSR count). The third-order valence-electron chi connectivity index (χ3n) is 8.34. The number of aromatic nitrogens is 2. The fourth-order valence-electron chi connectivity index (χ4n) is 6.22. The lowest BCUT2D eigenvalue weighted by Crippen LogP contribution is -2.49. The zero-order valence-electron chi connectivity index (χ0n) is 22.5. The molecule has 1 unspecified atom stereocenters. The van der Waals surface area contributed by atoms with Gasteiger partial charge < -0.3 is 15.1 Å². The molecule has 1 aromatic heterocycles. The number of nitrogens with zero attached hydrogens (tertiary/aromatic N) is 5. The van der Waals surface area contributed by atoms with Crippen LogP contribution in [0.1, 0.15) is 73.7 Å². The molecule has 212 valence electrons. The molecule has 1 amide bonds. The number of hydrogen-bond acceptors (Lipinski definition) is 6. The van der Waals surface area contributed by atoms with Crippen molar-refractivity contribution in [1.29, 1.82) is 0 Å². The number of halogens is 3. The molecule has 1 N–H and O–H groups in total. The van der Waals surface area contributed by atoms with E-state index < -0.39 is 17.6 Å². The molecule has 7 nitrogen and oxygen atoms in total. The maximum atomic E-state index is 13.5. The molecule has 3 aliphatic rings. The summed E-state index contributed by atoms with van der Waals surface area (Å²) in [6, 6.07) is 7.62. The molecule has 1 atom stereocenters. The number of piperidine rings is 1. The van der Waals surface area contributed by atoms with Crippen molar-refractivity contribution in [3.05, 3.63) is 47.7 Å². The standard InChI is InChI=1S/C29H39F3N6O/c30-29(31,32)25-11-4-3-10-24(25)27(39)37-19-13-23(14-20-37)38-18-8-5-9-22(21-38)34-28-33-15-12-26(35-28)36-16-6-1-2-7-17-36/h3-4,10-12,15,22-23H,1-2,5-9,13-14,16-21H2,(H,33,34,35). The van der Waals surface area contributed by atoms with Gasteiger partial charge in [0.05, 0.1) is 11.1 Å². The SMILES string of the molecule is O=C(c1ccccc1C(F)(F)F)N1CCC(N2CCCCC(Nc3nccc(N4CCCCCC4)n3)C2)CC1. The molecule has 0 bridgehead atoms. The largest absolute Gasteiger partial charge is 0.417 e. The second kappa shape index (κ2) is 12.5. The van der Waals surface area contributed by atoms with E-state index >= 15 is 0 Å². The fraction of sp³-hybridized carbons (Fsp3) is 0.621. The van der Waals surface area contributed by atoms with Gasteiger partial charge in [-0.05, 0) is 63.3 Å². The molecule has 0 radical (unpaired) electrons. The van der Waals surface area contributed by atoms with Crippen molar-refractivity contribution in [2.45, 2.75) is 76.0 Å². The number of benzene rings is 1. The van der Waals surface area contributed by atoms with E-state index in [-0.39, 0.29) is 11.6 Å². The Bertz CT molecular complexity index is 1100. The highest BCUT2D eigenvalue weighted by Gasteiger charge is 2.37. The van der Waals surface area contributed by atoms with E-state index in [0.29, 0.717) is 25.1 Å². The van der Waals surface area contributed by atoms with E-state index in [4.69, 9.17) is 4.98 Å². The summed E-state index contributed by atoms with van der Waals surface area (Å²) in [5, 5.41) is 3.59. The highest BCUT2D eigenvalue weighted by molar-refractivity contribution is 5.96. The number of hydrogen-bond donors (Lipinski definition) is 1. The summed E-state index contributed by atoms with van der Waals surface area (Å²) in [5.41, 5.74) is -1.12. The van der Waals surface area contributed by atoms with E-state index in [2.05, 4.69) is 20.1 Å². The Kier molecular flexibility index (Phi) is 8.89. The molecule has 3 aliphatic heterocycles. The summed E-state index contributed by atoms with van der Waals surface area (Å²) in [4.78, 5) is 28.8. The summed E-state index contributed by atoms with van der Waals surface area (Å²) < 4.78 is 40.4. The highest BCUT2D eigenvalue weighted by atomic mass is 19.4. The molecular formula is C29H39F3N6O. The normalized spacial score (nSPS) is 22.3. The lowest BCUT2D eigenvalue weighted by molar-refractivity contribution is -0.138. The number of rotatable bonds is 5. The minimum atomic E-state index is -4.55. The number of likely N-dealkylation sites (tertiary alicyclic amines) is 2. The predicted molar refractivity (Wildman–Crippen MR) is 146 cm³/mol. The van der Waals surface area contributed by atoms with Crippen LogP contribution in [0.25, 0.3) is 0 Å². The van der Waals surface area contributed by atoms with Crippen molar-refractivity contribution in [2.24, 2.45) is 0 Å². The van der Waals surface area contributed by atoms with Crippen molar-refractivity contribution >= 4 is 17.7 Å². The first kappa shape index (κ1) is 27.7. The van der Waals surface area contributed by atoms with Gasteiger partial charge in [-0.1, -0.05) is 31.4 Å². The van der Waals surface area contributed by atoms with Gasteiger partial charge in [0.25, 0.3) is 5.91 Å². The van der Waals surface area contributed by atoms with Crippen molar-refractivity contribution in [3.8, 4) is 0 Å². The summed E-state index contributed by atoms with van der Waals surface area (Å²) >= 11 is 0. The molecule has 1 aromatic carbocycles. The molecule has 2 aromatic rings. The van der Waals surface area contributed by atoms with Gasteiger partial charge in [-0.25, -0.2) is 4.98 Å². The first-order chi connectivity index (χ1) is 18.9. The maximum Gasteiger partial charge on any atom is 0.417 e. The third kappa shape index (κ3) is 7.01. The number of anilines is 2. The van der Waals surface area contributed by atoms with Crippen molar-refractivity contribution in [2.75, 3.05) is 49.5 Å². The Balaban J connectivity index is 1.18. The molecule has 0 spiro atoms. The van der Waals surface area contributed by atoms with E-state index in [1.54, 1.807) is 4.90 Å².